The van der Waals surface area contributed by atoms with Crippen molar-refractivity contribution in [2.75, 3.05) is 6.61 Å². The van der Waals surface area contributed by atoms with Crippen LogP contribution in [0.3, 0.4) is 0 Å². The first-order chi connectivity index (χ1) is 6.31. The lowest BCUT2D eigenvalue weighted by molar-refractivity contribution is 0.266. The van der Waals surface area contributed by atoms with E-state index in [1.54, 1.807) is 0 Å². The minimum atomic E-state index is 0.153. The predicted molar refractivity (Wildman–Crippen MR) is 49.3 cm³/mol. The maximum Gasteiger partial charge on any atom is 0.0644 e. The molecule has 0 aromatic carbocycles. The number of nitrogens with zero attached hydrogens (tertiary/aromatic N) is 2. The average Bonchev–Trinajstić information content (AvgIpc) is 2.49. The molecule has 1 aliphatic rings. The quantitative estimate of drug-likeness (QED) is 0.658. The zero-order chi connectivity index (χ0) is 9.26. The van der Waals surface area contributed by atoms with E-state index < -0.39 is 0 Å². The Morgan fingerprint density at radius 2 is 2.54 bits per heavy atom. The maximum atomic E-state index is 8.81. The van der Waals surface area contributed by atoms with Crippen LogP contribution >= 0.6 is 0 Å². The zero-order valence-corrected chi connectivity index (χ0v) is 7.61. The molecule has 0 amide bonds. The van der Waals surface area contributed by atoms with Gasteiger partial charge >= 0.3 is 0 Å². The number of aliphatic hydroxyl groups is 1. The lowest BCUT2D eigenvalue weighted by Crippen LogP contribution is -2.28. The van der Waals surface area contributed by atoms with Crippen molar-refractivity contribution >= 4 is 0 Å². The first-order valence-corrected chi connectivity index (χ1v) is 4.71. The van der Waals surface area contributed by atoms with E-state index in [0.717, 1.165) is 19.3 Å². The highest BCUT2D eigenvalue weighted by Crippen LogP contribution is 2.19. The van der Waals surface area contributed by atoms with E-state index in [4.69, 9.17) is 10.8 Å². The largest absolute Gasteiger partial charge is 0.394 e. The second-order valence-electron chi connectivity index (χ2n) is 3.57. The molecule has 2 rings (SSSR count). The summed E-state index contributed by atoms with van der Waals surface area (Å²) in [6.07, 6.45) is 4.84. The fraction of sp³-hybridized carbons (Fsp3) is 0.667. The van der Waals surface area contributed by atoms with E-state index in [1.807, 2.05) is 10.9 Å². The second kappa shape index (κ2) is 3.47. The molecule has 72 valence electrons. The van der Waals surface area contributed by atoms with Crippen molar-refractivity contribution in [1.82, 2.24) is 9.78 Å². The van der Waals surface area contributed by atoms with Gasteiger partial charge in [-0.15, -0.1) is 0 Å². The summed E-state index contributed by atoms with van der Waals surface area (Å²) in [5.74, 6) is 0. The number of fused-ring (bicyclic) bond motifs is 1. The molecule has 3 N–H and O–H groups in total. The van der Waals surface area contributed by atoms with E-state index >= 15 is 0 Å². The lowest BCUT2D eigenvalue weighted by Gasteiger charge is -2.18. The van der Waals surface area contributed by atoms with Gasteiger partial charge in [-0.3, -0.25) is 4.68 Å². The smallest absolute Gasteiger partial charge is 0.0644 e. The molecule has 0 aliphatic heterocycles. The van der Waals surface area contributed by atoms with Crippen molar-refractivity contribution in [2.24, 2.45) is 5.73 Å². The number of rotatable bonds is 2. The third-order valence-corrected chi connectivity index (χ3v) is 2.58. The highest BCUT2D eigenvalue weighted by molar-refractivity contribution is 5.22. The minimum Gasteiger partial charge on any atom is -0.394 e. The molecule has 1 heterocycles. The fourth-order valence-corrected chi connectivity index (χ4v) is 1.90. The fourth-order valence-electron chi connectivity index (χ4n) is 1.90. The monoisotopic (exact) mass is 181 g/mol. The lowest BCUT2D eigenvalue weighted by atomic mass is 9.94. The van der Waals surface area contributed by atoms with Crippen LogP contribution in [0.15, 0.2) is 6.20 Å². The van der Waals surface area contributed by atoms with Crippen LogP contribution in [0.2, 0.25) is 0 Å². The molecule has 0 saturated carbocycles. The summed E-state index contributed by atoms with van der Waals surface area (Å²) in [4.78, 5) is 0. The molecule has 1 aromatic heterocycles. The van der Waals surface area contributed by atoms with Gasteiger partial charge in [-0.05, 0) is 24.8 Å². The van der Waals surface area contributed by atoms with Crippen molar-refractivity contribution in [3.8, 4) is 0 Å². The van der Waals surface area contributed by atoms with Gasteiger partial charge in [0.05, 0.1) is 19.3 Å². The Balaban J connectivity index is 2.23. The molecule has 0 fully saturated rings. The summed E-state index contributed by atoms with van der Waals surface area (Å²) in [6, 6.07) is 0.291. The summed E-state index contributed by atoms with van der Waals surface area (Å²) in [5, 5.41) is 13.0. The van der Waals surface area contributed by atoms with Crippen LogP contribution in [-0.4, -0.2) is 27.5 Å². The van der Waals surface area contributed by atoms with Gasteiger partial charge in [-0.2, -0.15) is 5.10 Å². The Labute approximate surface area is 77.4 Å². The molecule has 4 nitrogen and oxygen atoms in total. The van der Waals surface area contributed by atoms with Crippen molar-refractivity contribution in [2.45, 2.75) is 31.8 Å². The third kappa shape index (κ3) is 1.59. The van der Waals surface area contributed by atoms with Crippen LogP contribution < -0.4 is 5.73 Å². The van der Waals surface area contributed by atoms with Gasteiger partial charge in [-0.1, -0.05) is 0 Å². The van der Waals surface area contributed by atoms with E-state index in [0.29, 0.717) is 12.6 Å². The molecule has 4 heteroatoms. The topological polar surface area (TPSA) is 64.1 Å². The van der Waals surface area contributed by atoms with E-state index in [2.05, 4.69) is 5.10 Å². The highest BCUT2D eigenvalue weighted by atomic mass is 16.3. The number of hydrogen-bond donors (Lipinski definition) is 2. The summed E-state index contributed by atoms with van der Waals surface area (Å²) < 4.78 is 1.89. The molecule has 0 saturated heterocycles. The third-order valence-electron chi connectivity index (χ3n) is 2.58. The highest BCUT2D eigenvalue weighted by Gasteiger charge is 2.19. The van der Waals surface area contributed by atoms with Crippen LogP contribution in [0, 0.1) is 0 Å². The SMILES string of the molecule is NC1CCc2c(cnn2CCO)C1. The van der Waals surface area contributed by atoms with Crippen LogP contribution in [0.4, 0.5) is 0 Å². The van der Waals surface area contributed by atoms with Crippen LogP contribution in [0.25, 0.3) is 0 Å². The predicted octanol–water partition coefficient (Wildman–Crippen LogP) is -0.309. The molecular formula is C9H15N3O. The number of aromatic nitrogens is 2. The Morgan fingerprint density at radius 1 is 1.69 bits per heavy atom. The van der Waals surface area contributed by atoms with Crippen LogP contribution in [-0.2, 0) is 19.4 Å². The number of hydrogen-bond acceptors (Lipinski definition) is 3. The molecular weight excluding hydrogens is 166 g/mol. The number of aliphatic hydroxyl groups excluding tert-OH is 1. The molecule has 0 radical (unpaired) electrons. The normalized spacial score (nSPS) is 21.5. The van der Waals surface area contributed by atoms with Gasteiger partial charge < -0.3 is 10.8 Å². The van der Waals surface area contributed by atoms with Crippen LogP contribution in [0.5, 0.6) is 0 Å². The average molecular weight is 181 g/mol. The van der Waals surface area contributed by atoms with Crippen LogP contribution in [0.1, 0.15) is 17.7 Å². The zero-order valence-electron chi connectivity index (χ0n) is 7.61. The van der Waals surface area contributed by atoms with Gasteiger partial charge in [0.2, 0.25) is 0 Å². The Hall–Kier alpha value is -0.870. The number of nitrogens with two attached hydrogens (primary N) is 1. The van der Waals surface area contributed by atoms with Gasteiger partial charge in [0.1, 0.15) is 0 Å². The molecule has 0 spiro atoms. The van der Waals surface area contributed by atoms with E-state index in [9.17, 15) is 0 Å². The van der Waals surface area contributed by atoms with Crippen molar-refractivity contribution < 1.29 is 5.11 Å². The van der Waals surface area contributed by atoms with Crippen molar-refractivity contribution in [1.29, 1.82) is 0 Å². The summed E-state index contributed by atoms with van der Waals surface area (Å²) in [6.45, 7) is 0.755. The molecule has 1 atom stereocenters. The summed E-state index contributed by atoms with van der Waals surface area (Å²) in [5.41, 5.74) is 8.36. The van der Waals surface area contributed by atoms with E-state index in [-0.39, 0.29) is 6.61 Å². The van der Waals surface area contributed by atoms with Gasteiger partial charge in [0.25, 0.3) is 0 Å². The molecule has 0 bridgehead atoms. The van der Waals surface area contributed by atoms with Gasteiger partial charge in [0, 0.05) is 11.7 Å². The minimum absolute atomic E-state index is 0.153. The van der Waals surface area contributed by atoms with E-state index in [1.165, 1.54) is 11.3 Å². The van der Waals surface area contributed by atoms with Gasteiger partial charge in [0.15, 0.2) is 0 Å². The maximum absolute atomic E-state index is 8.81. The molecule has 1 aliphatic carbocycles. The van der Waals surface area contributed by atoms with Gasteiger partial charge in [-0.25, -0.2) is 0 Å². The summed E-state index contributed by atoms with van der Waals surface area (Å²) >= 11 is 0. The Kier molecular flexibility index (Phi) is 2.33. The molecule has 13 heavy (non-hydrogen) atoms. The molecule has 1 aromatic rings. The first kappa shape index (κ1) is 8.72. The van der Waals surface area contributed by atoms with Crippen molar-refractivity contribution in [3.05, 3.63) is 17.5 Å². The molecule has 1 unspecified atom stereocenters. The first-order valence-electron chi connectivity index (χ1n) is 4.71. The Morgan fingerprint density at radius 3 is 3.31 bits per heavy atom. The second-order valence-corrected chi connectivity index (χ2v) is 3.57. The summed E-state index contributed by atoms with van der Waals surface area (Å²) in [7, 11) is 0. The standard InChI is InChI=1S/C9H15N3O/c10-8-1-2-9-7(5-8)6-11-12(9)3-4-13/h6,8,13H,1-5,10H2. The Bertz CT molecular complexity index is 282. The van der Waals surface area contributed by atoms with Crippen molar-refractivity contribution in [3.63, 3.8) is 0 Å².